The molecule has 1 aromatic carbocycles. The van der Waals surface area contributed by atoms with E-state index in [1.807, 2.05) is 26.0 Å². The first-order chi connectivity index (χ1) is 6.15. The molecule has 0 aliphatic heterocycles. The van der Waals surface area contributed by atoms with Crippen LogP contribution in [0, 0.1) is 13.8 Å². The van der Waals surface area contributed by atoms with Crippen LogP contribution < -0.4 is 5.73 Å². The van der Waals surface area contributed by atoms with Crippen molar-refractivity contribution in [2.45, 2.75) is 26.3 Å². The van der Waals surface area contributed by atoms with Crippen molar-refractivity contribution in [3.8, 4) is 0 Å². The minimum absolute atomic E-state index is 0. The Labute approximate surface area is 90.9 Å². The molecule has 1 aromatic rings. The average Bonchev–Trinajstić information content (AvgIpc) is 2.04. The van der Waals surface area contributed by atoms with E-state index in [1.165, 1.54) is 5.56 Å². The van der Waals surface area contributed by atoms with Gasteiger partial charge >= 0.3 is 0 Å². The number of hydrogen-bond donors (Lipinski definition) is 1. The highest BCUT2D eigenvalue weighted by Gasteiger charge is 2.07. The monoisotopic (exact) mass is 217 g/mol. The molecule has 0 bridgehead atoms. The Bertz CT molecular complexity index is 289. The molecule has 0 aliphatic carbocycles. The van der Waals surface area contributed by atoms with Gasteiger partial charge in [-0.2, -0.15) is 0 Å². The Balaban J connectivity index is 0.00000169. The molecule has 1 nitrogen and oxygen atoms in total. The maximum absolute atomic E-state index is 12.1. The molecule has 14 heavy (non-hydrogen) atoms. The molecule has 0 fully saturated rings. The van der Waals surface area contributed by atoms with Crippen LogP contribution in [0.4, 0.5) is 4.39 Å². The van der Waals surface area contributed by atoms with Crippen LogP contribution in [0.1, 0.15) is 29.2 Å². The minimum atomic E-state index is -0.353. The third kappa shape index (κ3) is 3.28. The van der Waals surface area contributed by atoms with E-state index in [1.54, 1.807) is 0 Å². The van der Waals surface area contributed by atoms with Crippen molar-refractivity contribution in [1.82, 2.24) is 0 Å². The van der Waals surface area contributed by atoms with E-state index >= 15 is 0 Å². The van der Waals surface area contributed by atoms with Gasteiger partial charge in [0.25, 0.3) is 0 Å². The number of alkyl halides is 1. The number of aryl methyl sites for hydroxylation is 2. The number of halogens is 2. The molecule has 0 saturated heterocycles. The van der Waals surface area contributed by atoms with Crippen molar-refractivity contribution >= 4 is 12.4 Å². The lowest BCUT2D eigenvalue weighted by Crippen LogP contribution is -2.12. The molecule has 0 aromatic heterocycles. The Morgan fingerprint density at radius 1 is 1.36 bits per heavy atom. The molecule has 0 radical (unpaired) electrons. The minimum Gasteiger partial charge on any atom is -0.324 e. The van der Waals surface area contributed by atoms with Gasteiger partial charge in [0.2, 0.25) is 0 Å². The predicted molar refractivity (Wildman–Crippen MR) is 60.7 cm³/mol. The van der Waals surface area contributed by atoms with Gasteiger partial charge in [0.1, 0.15) is 0 Å². The zero-order chi connectivity index (χ0) is 9.84. The summed E-state index contributed by atoms with van der Waals surface area (Å²) in [6.45, 7) is 3.70. The quantitative estimate of drug-likeness (QED) is 0.828. The summed E-state index contributed by atoms with van der Waals surface area (Å²) in [6.07, 6.45) is 0.407. The summed E-state index contributed by atoms with van der Waals surface area (Å²) < 4.78 is 12.1. The maximum atomic E-state index is 12.1. The molecule has 80 valence electrons. The maximum Gasteiger partial charge on any atom is 0.0912 e. The Morgan fingerprint density at radius 3 is 2.50 bits per heavy atom. The highest BCUT2D eigenvalue weighted by atomic mass is 35.5. The van der Waals surface area contributed by atoms with Crippen molar-refractivity contribution in [1.29, 1.82) is 0 Å². The van der Waals surface area contributed by atoms with Gasteiger partial charge in [0.15, 0.2) is 0 Å². The smallest absolute Gasteiger partial charge is 0.0912 e. The van der Waals surface area contributed by atoms with Crippen molar-refractivity contribution in [3.63, 3.8) is 0 Å². The second-order valence-electron chi connectivity index (χ2n) is 3.44. The van der Waals surface area contributed by atoms with Crippen molar-refractivity contribution < 1.29 is 4.39 Å². The number of nitrogens with two attached hydrogens (primary N) is 1. The van der Waals surface area contributed by atoms with Crippen LogP contribution in [0.5, 0.6) is 0 Å². The molecular formula is C11H17ClFN. The predicted octanol–water partition coefficient (Wildman–Crippen LogP) is 3.08. The molecule has 0 saturated carbocycles. The zero-order valence-corrected chi connectivity index (χ0v) is 9.40. The topological polar surface area (TPSA) is 26.0 Å². The van der Waals surface area contributed by atoms with E-state index in [9.17, 15) is 4.39 Å². The highest BCUT2D eigenvalue weighted by Crippen LogP contribution is 2.19. The summed E-state index contributed by atoms with van der Waals surface area (Å²) in [4.78, 5) is 0. The van der Waals surface area contributed by atoms with Crippen molar-refractivity contribution in [2.75, 3.05) is 6.67 Å². The lowest BCUT2D eigenvalue weighted by molar-refractivity contribution is 0.441. The molecule has 0 aliphatic rings. The van der Waals surface area contributed by atoms with E-state index < -0.39 is 0 Å². The fourth-order valence-electron chi connectivity index (χ4n) is 1.51. The lowest BCUT2D eigenvalue weighted by Gasteiger charge is -2.13. The zero-order valence-electron chi connectivity index (χ0n) is 8.59. The van der Waals surface area contributed by atoms with Gasteiger partial charge in [-0.1, -0.05) is 23.8 Å². The fraction of sp³-hybridized carbons (Fsp3) is 0.455. The molecule has 1 atom stereocenters. The number of benzene rings is 1. The summed E-state index contributed by atoms with van der Waals surface area (Å²) in [5.74, 6) is 0. The SMILES string of the molecule is Cc1ccc([C@@H](N)CCF)c(C)c1.Cl. The summed E-state index contributed by atoms with van der Waals surface area (Å²) >= 11 is 0. The van der Waals surface area contributed by atoms with E-state index in [2.05, 4.69) is 6.07 Å². The van der Waals surface area contributed by atoms with E-state index in [0.29, 0.717) is 6.42 Å². The van der Waals surface area contributed by atoms with Crippen LogP contribution in [-0.4, -0.2) is 6.67 Å². The van der Waals surface area contributed by atoms with Gasteiger partial charge in [-0.25, -0.2) is 0 Å². The number of rotatable bonds is 3. The first-order valence-corrected chi connectivity index (χ1v) is 4.54. The summed E-state index contributed by atoms with van der Waals surface area (Å²) in [7, 11) is 0. The van der Waals surface area contributed by atoms with Crippen LogP contribution in [-0.2, 0) is 0 Å². The van der Waals surface area contributed by atoms with Crippen LogP contribution in [0.3, 0.4) is 0 Å². The molecule has 0 spiro atoms. The Morgan fingerprint density at radius 2 is 2.00 bits per heavy atom. The molecule has 0 heterocycles. The summed E-state index contributed by atoms with van der Waals surface area (Å²) in [5.41, 5.74) is 9.25. The van der Waals surface area contributed by atoms with E-state index in [0.717, 1.165) is 11.1 Å². The third-order valence-corrected chi connectivity index (χ3v) is 2.24. The normalized spacial score (nSPS) is 12.0. The Hall–Kier alpha value is -0.600. The molecule has 0 unspecified atom stereocenters. The van der Waals surface area contributed by atoms with Crippen LogP contribution in [0.15, 0.2) is 18.2 Å². The van der Waals surface area contributed by atoms with Gasteiger partial charge < -0.3 is 5.73 Å². The van der Waals surface area contributed by atoms with Crippen LogP contribution >= 0.6 is 12.4 Å². The second-order valence-corrected chi connectivity index (χ2v) is 3.44. The van der Waals surface area contributed by atoms with Crippen LogP contribution in [0.25, 0.3) is 0 Å². The molecule has 1 rings (SSSR count). The van der Waals surface area contributed by atoms with Gasteiger partial charge in [0, 0.05) is 6.04 Å². The fourth-order valence-corrected chi connectivity index (χ4v) is 1.51. The summed E-state index contributed by atoms with van der Waals surface area (Å²) in [5, 5.41) is 0. The number of hydrogen-bond acceptors (Lipinski definition) is 1. The molecular weight excluding hydrogens is 201 g/mol. The van der Waals surface area contributed by atoms with Crippen molar-refractivity contribution in [3.05, 3.63) is 34.9 Å². The first kappa shape index (κ1) is 13.4. The lowest BCUT2D eigenvalue weighted by atomic mass is 9.98. The molecule has 2 N–H and O–H groups in total. The Kier molecular flexibility index (Phi) is 5.73. The standard InChI is InChI=1S/C11H16FN.ClH/c1-8-3-4-10(9(2)7-8)11(13)5-6-12;/h3-4,7,11H,5-6,13H2,1-2H3;1H/t11-;/m0./s1. The third-order valence-electron chi connectivity index (χ3n) is 2.24. The van der Waals surface area contributed by atoms with Gasteiger partial charge in [-0.15, -0.1) is 12.4 Å². The highest BCUT2D eigenvalue weighted by molar-refractivity contribution is 5.85. The van der Waals surface area contributed by atoms with Crippen molar-refractivity contribution in [2.24, 2.45) is 5.73 Å². The van der Waals surface area contributed by atoms with E-state index in [-0.39, 0.29) is 25.1 Å². The van der Waals surface area contributed by atoms with Crippen LogP contribution in [0.2, 0.25) is 0 Å². The van der Waals surface area contributed by atoms with E-state index in [4.69, 9.17) is 5.73 Å². The van der Waals surface area contributed by atoms with Gasteiger partial charge in [-0.05, 0) is 31.4 Å². The van der Waals surface area contributed by atoms with Gasteiger partial charge in [-0.3, -0.25) is 4.39 Å². The molecule has 0 amide bonds. The largest absolute Gasteiger partial charge is 0.324 e. The average molecular weight is 218 g/mol. The molecule has 3 heteroatoms. The summed E-state index contributed by atoms with van der Waals surface area (Å²) in [6, 6.07) is 5.92. The first-order valence-electron chi connectivity index (χ1n) is 4.54. The second kappa shape index (κ2) is 5.99. The van der Waals surface area contributed by atoms with Gasteiger partial charge in [0.05, 0.1) is 6.67 Å².